The highest BCUT2D eigenvalue weighted by Gasteiger charge is 2.35. The molecule has 0 unspecified atom stereocenters. The molecule has 0 aliphatic carbocycles. The average molecular weight is 346 g/mol. The number of nitrogens with zero attached hydrogens (tertiary/aromatic N) is 1. The maximum absolute atomic E-state index is 3.82. The molecular weight excluding hydrogens is 310 g/mol. The predicted molar refractivity (Wildman–Crippen MR) is 94.7 cm³/mol. The molecule has 120 valence electrons. The van der Waals surface area contributed by atoms with Gasteiger partial charge < -0.3 is 4.90 Å². The molecule has 0 atom stereocenters. The summed E-state index contributed by atoms with van der Waals surface area (Å²) in [6.07, 6.45) is 10.9. The molecule has 1 saturated heterocycles. The first-order valence-electron chi connectivity index (χ1n) is 8.87. The van der Waals surface area contributed by atoms with Crippen molar-refractivity contribution in [1.82, 2.24) is 4.90 Å². The molecule has 1 aliphatic heterocycles. The topological polar surface area (TPSA) is 3.24 Å². The molecule has 1 rings (SSSR count). The summed E-state index contributed by atoms with van der Waals surface area (Å²) in [5.41, 5.74) is 1.17. The lowest BCUT2D eigenvalue weighted by Crippen LogP contribution is -2.45. The van der Waals surface area contributed by atoms with Crippen LogP contribution < -0.4 is 0 Å². The second-order valence-electron chi connectivity index (χ2n) is 7.12. The van der Waals surface area contributed by atoms with Crippen LogP contribution in [0.25, 0.3) is 0 Å². The average Bonchev–Trinajstić information content (AvgIpc) is 2.49. The highest BCUT2D eigenvalue weighted by Crippen LogP contribution is 2.40. The molecule has 0 aromatic carbocycles. The van der Waals surface area contributed by atoms with Crippen LogP contribution in [0.4, 0.5) is 0 Å². The molecule has 1 nitrogen and oxygen atoms in total. The maximum Gasteiger partial charge on any atom is 0.0100 e. The number of halogens is 1. The van der Waals surface area contributed by atoms with Gasteiger partial charge >= 0.3 is 0 Å². The predicted octanol–water partition coefficient (Wildman–Crippen LogP) is 5.87. The Morgan fingerprint density at radius 2 is 1.45 bits per heavy atom. The van der Waals surface area contributed by atoms with Crippen LogP contribution >= 0.6 is 15.9 Å². The van der Waals surface area contributed by atoms with Crippen LogP contribution in [0.5, 0.6) is 0 Å². The Morgan fingerprint density at radius 1 is 0.950 bits per heavy atom. The van der Waals surface area contributed by atoms with Gasteiger partial charge in [0, 0.05) is 11.9 Å². The number of hydrogen-bond donors (Lipinski definition) is 0. The SMILES string of the molecule is CCCC(CBr)(CCC)CN1CCC(CC)(CC)CC1. The Balaban J connectivity index is 2.59. The molecule has 0 saturated carbocycles. The summed E-state index contributed by atoms with van der Waals surface area (Å²) in [6, 6.07) is 0. The summed E-state index contributed by atoms with van der Waals surface area (Å²) >= 11 is 3.82. The smallest absolute Gasteiger partial charge is 0.0100 e. The quantitative estimate of drug-likeness (QED) is 0.472. The fourth-order valence-electron chi connectivity index (χ4n) is 4.14. The van der Waals surface area contributed by atoms with Crippen molar-refractivity contribution in [2.24, 2.45) is 10.8 Å². The van der Waals surface area contributed by atoms with Gasteiger partial charge in [-0.3, -0.25) is 0 Å². The molecule has 0 aromatic rings. The minimum Gasteiger partial charge on any atom is -0.303 e. The van der Waals surface area contributed by atoms with Crippen molar-refractivity contribution in [3.8, 4) is 0 Å². The minimum absolute atomic E-state index is 0.516. The monoisotopic (exact) mass is 345 g/mol. The van der Waals surface area contributed by atoms with Gasteiger partial charge in [-0.1, -0.05) is 69.3 Å². The Hall–Kier alpha value is 0.440. The van der Waals surface area contributed by atoms with Crippen LogP contribution in [0.3, 0.4) is 0 Å². The highest BCUT2D eigenvalue weighted by molar-refractivity contribution is 9.09. The molecule has 0 N–H and O–H groups in total. The molecule has 0 spiro atoms. The van der Waals surface area contributed by atoms with Gasteiger partial charge in [0.2, 0.25) is 0 Å². The lowest BCUT2D eigenvalue weighted by atomic mass is 9.73. The van der Waals surface area contributed by atoms with Crippen molar-refractivity contribution < 1.29 is 0 Å². The van der Waals surface area contributed by atoms with E-state index < -0.39 is 0 Å². The maximum atomic E-state index is 3.82. The lowest BCUT2D eigenvalue weighted by Gasteiger charge is -2.45. The van der Waals surface area contributed by atoms with Crippen LogP contribution in [0.15, 0.2) is 0 Å². The normalized spacial score (nSPS) is 20.2. The van der Waals surface area contributed by atoms with Crippen molar-refractivity contribution in [2.45, 2.75) is 79.1 Å². The molecule has 1 fully saturated rings. The number of rotatable bonds is 9. The summed E-state index contributed by atoms with van der Waals surface area (Å²) in [7, 11) is 0. The third-order valence-corrected chi connectivity index (χ3v) is 7.01. The van der Waals surface area contributed by atoms with E-state index in [1.165, 1.54) is 76.3 Å². The Labute approximate surface area is 136 Å². The van der Waals surface area contributed by atoms with E-state index in [9.17, 15) is 0 Å². The van der Waals surface area contributed by atoms with Crippen LogP contribution in [0.2, 0.25) is 0 Å². The molecule has 0 radical (unpaired) electrons. The van der Waals surface area contributed by atoms with Crippen LogP contribution in [-0.2, 0) is 0 Å². The van der Waals surface area contributed by atoms with E-state index in [-0.39, 0.29) is 0 Å². The first kappa shape index (κ1) is 18.5. The molecule has 0 bridgehead atoms. The number of piperidine rings is 1. The first-order chi connectivity index (χ1) is 9.59. The minimum atomic E-state index is 0.516. The van der Waals surface area contributed by atoms with Gasteiger partial charge in [-0.25, -0.2) is 0 Å². The van der Waals surface area contributed by atoms with Crippen molar-refractivity contribution in [1.29, 1.82) is 0 Å². The van der Waals surface area contributed by atoms with Crippen molar-refractivity contribution >= 4 is 15.9 Å². The summed E-state index contributed by atoms with van der Waals surface area (Å²) in [5, 5.41) is 1.17. The van der Waals surface area contributed by atoms with E-state index >= 15 is 0 Å². The van der Waals surface area contributed by atoms with Gasteiger partial charge in [-0.15, -0.1) is 0 Å². The van der Waals surface area contributed by atoms with Crippen molar-refractivity contribution in [3.05, 3.63) is 0 Å². The summed E-state index contributed by atoms with van der Waals surface area (Å²) in [4.78, 5) is 2.76. The van der Waals surface area contributed by atoms with Gasteiger partial charge in [0.15, 0.2) is 0 Å². The molecule has 0 aromatic heterocycles. The van der Waals surface area contributed by atoms with E-state index in [0.29, 0.717) is 10.8 Å². The van der Waals surface area contributed by atoms with E-state index in [1.54, 1.807) is 0 Å². The third-order valence-electron chi connectivity index (χ3n) is 5.82. The summed E-state index contributed by atoms with van der Waals surface area (Å²) in [5.74, 6) is 0. The van der Waals surface area contributed by atoms with E-state index in [1.807, 2.05) is 0 Å². The van der Waals surface area contributed by atoms with Crippen LogP contribution in [0, 0.1) is 10.8 Å². The summed E-state index contributed by atoms with van der Waals surface area (Å²) in [6.45, 7) is 13.4. The highest BCUT2D eigenvalue weighted by atomic mass is 79.9. The van der Waals surface area contributed by atoms with Crippen molar-refractivity contribution in [3.63, 3.8) is 0 Å². The molecule has 1 heterocycles. The number of likely N-dealkylation sites (tertiary alicyclic amines) is 1. The lowest BCUT2D eigenvalue weighted by molar-refractivity contribution is 0.0602. The Morgan fingerprint density at radius 3 is 1.80 bits per heavy atom. The van der Waals surface area contributed by atoms with Crippen LogP contribution in [0.1, 0.15) is 79.1 Å². The fourth-order valence-corrected chi connectivity index (χ4v) is 4.87. The number of alkyl halides is 1. The molecule has 2 heteroatoms. The second kappa shape index (κ2) is 8.78. The number of hydrogen-bond acceptors (Lipinski definition) is 1. The van der Waals surface area contributed by atoms with Gasteiger partial charge in [0.1, 0.15) is 0 Å². The zero-order chi connectivity index (χ0) is 15.1. The standard InChI is InChI=1S/C18H36BrN/c1-5-9-18(15-19,10-6-2)16-20-13-11-17(7-3,8-4)12-14-20/h5-16H2,1-4H3. The van der Waals surface area contributed by atoms with E-state index in [0.717, 1.165) is 0 Å². The third kappa shape index (κ3) is 4.73. The van der Waals surface area contributed by atoms with Gasteiger partial charge in [-0.2, -0.15) is 0 Å². The fraction of sp³-hybridized carbons (Fsp3) is 1.00. The van der Waals surface area contributed by atoms with E-state index in [4.69, 9.17) is 0 Å². The Kier molecular flexibility index (Phi) is 8.12. The first-order valence-corrected chi connectivity index (χ1v) is 9.99. The van der Waals surface area contributed by atoms with Gasteiger partial charge in [-0.05, 0) is 49.6 Å². The summed E-state index contributed by atoms with van der Waals surface area (Å²) < 4.78 is 0. The molecular formula is C18H36BrN. The zero-order valence-corrected chi connectivity index (χ0v) is 15.9. The van der Waals surface area contributed by atoms with Gasteiger partial charge in [0.25, 0.3) is 0 Å². The Bertz CT molecular complexity index is 244. The van der Waals surface area contributed by atoms with Crippen LogP contribution in [-0.4, -0.2) is 29.9 Å². The largest absolute Gasteiger partial charge is 0.303 e. The molecule has 20 heavy (non-hydrogen) atoms. The van der Waals surface area contributed by atoms with E-state index in [2.05, 4.69) is 48.5 Å². The van der Waals surface area contributed by atoms with Gasteiger partial charge in [0.05, 0.1) is 0 Å². The zero-order valence-electron chi connectivity index (χ0n) is 14.3. The van der Waals surface area contributed by atoms with Crippen molar-refractivity contribution in [2.75, 3.05) is 25.0 Å². The molecule has 0 amide bonds. The second-order valence-corrected chi connectivity index (χ2v) is 7.68. The molecule has 1 aliphatic rings.